The fraction of sp³-hybridized carbons (Fsp3) is 0.290. The molecule has 0 nitrogen and oxygen atoms in total. The molecular formula is C31H35BrP+. The van der Waals surface area contributed by atoms with Crippen molar-refractivity contribution in [2.45, 2.75) is 52.9 Å². The van der Waals surface area contributed by atoms with E-state index in [9.17, 15) is 0 Å². The van der Waals surface area contributed by atoms with Crippen LogP contribution >= 0.6 is 21.5 Å². The largest absolute Gasteiger partial charge is 0.181 e. The van der Waals surface area contributed by atoms with Crippen LogP contribution in [0.3, 0.4) is 0 Å². The molecular weight excluding hydrogens is 483 g/mol. The van der Waals surface area contributed by atoms with Crippen molar-refractivity contribution >= 4 is 37.4 Å². The van der Waals surface area contributed by atoms with Gasteiger partial charge in [0.2, 0.25) is 0 Å². The normalized spacial score (nSPS) is 17.4. The van der Waals surface area contributed by atoms with Crippen LogP contribution in [0.2, 0.25) is 0 Å². The smallest absolute Gasteiger partial charge is 0.0770 e. The van der Waals surface area contributed by atoms with E-state index in [-0.39, 0.29) is 5.41 Å². The van der Waals surface area contributed by atoms with E-state index in [0.717, 1.165) is 0 Å². The van der Waals surface area contributed by atoms with Gasteiger partial charge in [-0.3, -0.25) is 0 Å². The third kappa shape index (κ3) is 5.11. The molecule has 0 spiro atoms. The molecule has 0 bridgehead atoms. The van der Waals surface area contributed by atoms with Gasteiger partial charge in [0.05, 0.1) is 0 Å². The zero-order chi connectivity index (χ0) is 23.5. The minimum atomic E-state index is -1.85. The molecule has 0 fully saturated rings. The Balaban J connectivity index is 1.64. The average Bonchev–Trinajstić information content (AvgIpc) is 2.84. The topological polar surface area (TPSA) is 0 Å². The molecule has 1 aliphatic carbocycles. The second kappa shape index (κ2) is 10.1. The number of allylic oxidation sites excluding steroid dienone is 4. The molecule has 0 heterocycles. The molecule has 4 rings (SSSR count). The first-order chi connectivity index (χ1) is 15.8. The van der Waals surface area contributed by atoms with Gasteiger partial charge in [-0.05, 0) is 85.1 Å². The van der Waals surface area contributed by atoms with Crippen LogP contribution in [0.4, 0.5) is 0 Å². The molecule has 170 valence electrons. The van der Waals surface area contributed by atoms with E-state index in [1.54, 1.807) is 5.57 Å². The summed E-state index contributed by atoms with van der Waals surface area (Å²) in [5, 5.41) is 4.05. The summed E-state index contributed by atoms with van der Waals surface area (Å²) in [6.45, 7) is 9.40. The molecule has 2 heteroatoms. The quantitative estimate of drug-likeness (QED) is 0.287. The zero-order valence-electron chi connectivity index (χ0n) is 20.3. The highest BCUT2D eigenvalue weighted by atomic mass is 79.9. The summed E-state index contributed by atoms with van der Waals surface area (Å²) in [5.74, 6) is -1.47. The fourth-order valence-corrected chi connectivity index (χ4v) is 9.81. The molecule has 0 N–H and O–H groups in total. The van der Waals surface area contributed by atoms with Crippen LogP contribution in [-0.2, 0) is 0 Å². The Hall–Kier alpha value is -1.95. The van der Waals surface area contributed by atoms with Gasteiger partial charge in [-0.2, -0.15) is 0 Å². The average molecular weight is 518 g/mol. The molecule has 0 amide bonds. The van der Waals surface area contributed by atoms with Crippen molar-refractivity contribution in [3.05, 3.63) is 114 Å². The molecule has 3 aromatic carbocycles. The predicted molar refractivity (Wildman–Crippen MR) is 152 cm³/mol. The molecule has 0 saturated carbocycles. The standard InChI is InChI=1S/C31H35BrP/c1-24(17-22-30-25(2)12-11-23-31(30,3)4)26-18-20-29(21-19-26)33(32,27-13-7-5-8-14-27)28-15-9-6-10-16-28/h5-10,13-22,24H,11-12,23H2,1-4H3/q+1/b22-17+. The summed E-state index contributed by atoms with van der Waals surface area (Å²) < 4.78 is 0. The van der Waals surface area contributed by atoms with E-state index in [2.05, 4.69) is 140 Å². The van der Waals surface area contributed by atoms with Crippen molar-refractivity contribution in [2.24, 2.45) is 5.41 Å². The van der Waals surface area contributed by atoms with Crippen molar-refractivity contribution in [1.82, 2.24) is 0 Å². The number of hydrogen-bond acceptors (Lipinski definition) is 0. The number of benzene rings is 3. The van der Waals surface area contributed by atoms with E-state index in [1.165, 1.54) is 46.3 Å². The van der Waals surface area contributed by atoms with Crippen molar-refractivity contribution < 1.29 is 0 Å². The Morgan fingerprint density at radius 3 is 1.85 bits per heavy atom. The van der Waals surface area contributed by atoms with Gasteiger partial charge in [-0.1, -0.05) is 87.0 Å². The SMILES string of the molecule is CC1=C(/C=C/C(C)c2ccc([P+](Br)(c3ccccc3)c3ccccc3)cc2)C(C)(C)CCC1. The third-order valence-corrected chi connectivity index (χ3v) is 13.8. The minimum Gasteiger partial charge on any atom is -0.0770 e. The third-order valence-electron chi connectivity index (χ3n) is 7.09. The van der Waals surface area contributed by atoms with Crippen LogP contribution in [0.15, 0.2) is 108 Å². The Morgan fingerprint density at radius 2 is 1.33 bits per heavy atom. The van der Waals surface area contributed by atoms with Crippen molar-refractivity contribution in [3.8, 4) is 0 Å². The van der Waals surface area contributed by atoms with Crippen molar-refractivity contribution in [2.75, 3.05) is 0 Å². The van der Waals surface area contributed by atoms with Gasteiger partial charge < -0.3 is 0 Å². The fourth-order valence-electron chi connectivity index (χ4n) is 5.06. The van der Waals surface area contributed by atoms with Gasteiger partial charge in [-0.25, -0.2) is 0 Å². The highest BCUT2D eigenvalue weighted by Crippen LogP contribution is 2.62. The van der Waals surface area contributed by atoms with Crippen LogP contribution in [0.1, 0.15) is 58.4 Å². The first-order valence-corrected chi connectivity index (χ1v) is 15.8. The van der Waals surface area contributed by atoms with Crippen molar-refractivity contribution in [3.63, 3.8) is 0 Å². The van der Waals surface area contributed by atoms with Gasteiger partial charge in [0.25, 0.3) is 0 Å². The second-order valence-corrected chi connectivity index (χ2v) is 15.8. The minimum absolute atomic E-state index is 0.286. The molecule has 0 aliphatic heterocycles. The highest BCUT2D eigenvalue weighted by Gasteiger charge is 2.43. The second-order valence-electron chi connectivity index (χ2n) is 9.93. The summed E-state index contributed by atoms with van der Waals surface area (Å²) in [4.78, 5) is 0. The molecule has 1 atom stereocenters. The van der Waals surface area contributed by atoms with Crippen molar-refractivity contribution in [1.29, 1.82) is 0 Å². The molecule has 3 aromatic rings. The van der Waals surface area contributed by atoms with Gasteiger partial charge in [-0.15, -0.1) is 0 Å². The van der Waals surface area contributed by atoms with E-state index in [1.807, 2.05) is 0 Å². The molecule has 0 radical (unpaired) electrons. The lowest BCUT2D eigenvalue weighted by molar-refractivity contribution is 0.376. The first-order valence-electron chi connectivity index (χ1n) is 12.0. The van der Waals surface area contributed by atoms with Crippen LogP contribution in [0.5, 0.6) is 0 Å². The first kappa shape index (κ1) is 24.2. The highest BCUT2D eigenvalue weighted by molar-refractivity contribution is 9.44. The maximum atomic E-state index is 4.26. The van der Waals surface area contributed by atoms with E-state index in [4.69, 9.17) is 0 Å². The summed E-state index contributed by atoms with van der Waals surface area (Å²) in [6.07, 6.45) is 8.63. The monoisotopic (exact) mass is 517 g/mol. The summed E-state index contributed by atoms with van der Waals surface area (Å²) >= 11 is 4.26. The summed E-state index contributed by atoms with van der Waals surface area (Å²) in [6, 6.07) is 31.0. The van der Waals surface area contributed by atoms with E-state index < -0.39 is 5.96 Å². The van der Waals surface area contributed by atoms with Crippen LogP contribution in [0, 0.1) is 5.41 Å². The molecule has 1 aliphatic rings. The van der Waals surface area contributed by atoms with Crippen LogP contribution < -0.4 is 15.9 Å². The Labute approximate surface area is 208 Å². The number of halogens is 1. The predicted octanol–water partition coefficient (Wildman–Crippen LogP) is 8.48. The Bertz CT molecular complexity index is 1090. The Kier molecular flexibility index (Phi) is 7.42. The lowest BCUT2D eigenvalue weighted by atomic mass is 9.72. The van der Waals surface area contributed by atoms with Crippen LogP contribution in [-0.4, -0.2) is 0 Å². The molecule has 0 aromatic heterocycles. The van der Waals surface area contributed by atoms with E-state index in [0.29, 0.717) is 5.92 Å². The summed E-state index contributed by atoms with van der Waals surface area (Å²) in [5.41, 5.74) is 4.75. The van der Waals surface area contributed by atoms with Crippen LogP contribution in [0.25, 0.3) is 0 Å². The molecule has 0 saturated heterocycles. The van der Waals surface area contributed by atoms with Gasteiger partial charge in [0.15, 0.2) is 21.5 Å². The number of hydrogen-bond donors (Lipinski definition) is 0. The lowest BCUT2D eigenvalue weighted by Crippen LogP contribution is -2.26. The molecule has 33 heavy (non-hydrogen) atoms. The lowest BCUT2D eigenvalue weighted by Gasteiger charge is -2.33. The van der Waals surface area contributed by atoms with Gasteiger partial charge in [0.1, 0.15) is 15.9 Å². The van der Waals surface area contributed by atoms with E-state index >= 15 is 0 Å². The summed E-state index contributed by atoms with van der Waals surface area (Å²) in [7, 11) is 0. The van der Waals surface area contributed by atoms with Gasteiger partial charge >= 0.3 is 0 Å². The zero-order valence-corrected chi connectivity index (χ0v) is 22.7. The number of rotatable bonds is 6. The maximum absolute atomic E-state index is 4.26. The molecule has 1 unspecified atom stereocenters. The Morgan fingerprint density at radius 1 is 0.818 bits per heavy atom. The maximum Gasteiger partial charge on any atom is 0.181 e. The van der Waals surface area contributed by atoms with Gasteiger partial charge in [0, 0.05) is 0 Å².